The van der Waals surface area contributed by atoms with Crippen molar-refractivity contribution in [3.8, 4) is 5.69 Å². The standard InChI is InChI=1S/C22H19Cl2N5O2/c1-13(2)20-16-11-25-29(15-6-4-3-5-7-15)21(16)22(31)28(27-20)12-19(30)26-14-8-9-17(23)18(24)10-14/h3-11,13H,12H2,1-2H3,(H,26,30). The average Bonchev–Trinajstić information content (AvgIpc) is 3.18. The largest absolute Gasteiger partial charge is 0.324 e. The number of anilines is 1. The number of para-hydroxylation sites is 1. The summed E-state index contributed by atoms with van der Waals surface area (Å²) in [6.07, 6.45) is 1.65. The van der Waals surface area contributed by atoms with Gasteiger partial charge in [0.25, 0.3) is 5.56 Å². The molecule has 0 spiro atoms. The molecule has 2 heterocycles. The number of aromatic nitrogens is 4. The van der Waals surface area contributed by atoms with Crippen LogP contribution in [0.4, 0.5) is 5.69 Å². The monoisotopic (exact) mass is 455 g/mol. The highest BCUT2D eigenvalue weighted by Crippen LogP contribution is 2.25. The van der Waals surface area contributed by atoms with Crippen molar-refractivity contribution < 1.29 is 4.79 Å². The number of carbonyl (C=O) groups excluding carboxylic acids is 1. The third kappa shape index (κ3) is 4.19. The van der Waals surface area contributed by atoms with E-state index in [0.717, 1.165) is 5.69 Å². The molecule has 158 valence electrons. The van der Waals surface area contributed by atoms with Gasteiger partial charge >= 0.3 is 0 Å². The normalized spacial score (nSPS) is 11.3. The molecule has 9 heteroatoms. The van der Waals surface area contributed by atoms with Gasteiger partial charge in [-0.1, -0.05) is 55.2 Å². The molecule has 0 bridgehead atoms. The molecule has 0 aliphatic rings. The minimum absolute atomic E-state index is 0.0286. The van der Waals surface area contributed by atoms with Crippen LogP contribution < -0.4 is 10.9 Å². The molecule has 1 amide bonds. The minimum Gasteiger partial charge on any atom is -0.324 e. The fourth-order valence-electron chi connectivity index (χ4n) is 3.30. The van der Waals surface area contributed by atoms with Gasteiger partial charge < -0.3 is 5.32 Å². The van der Waals surface area contributed by atoms with Crippen LogP contribution in [0.15, 0.2) is 59.5 Å². The predicted molar refractivity (Wildman–Crippen MR) is 122 cm³/mol. The Hall–Kier alpha value is -3.16. The van der Waals surface area contributed by atoms with Gasteiger partial charge in [0, 0.05) is 11.1 Å². The van der Waals surface area contributed by atoms with Crippen LogP contribution in [0, 0.1) is 0 Å². The smallest absolute Gasteiger partial charge is 0.293 e. The maximum absolute atomic E-state index is 13.3. The van der Waals surface area contributed by atoms with Crippen LogP contribution in [0.2, 0.25) is 10.0 Å². The van der Waals surface area contributed by atoms with E-state index in [4.69, 9.17) is 23.2 Å². The minimum atomic E-state index is -0.409. The molecule has 2 aromatic heterocycles. The molecule has 7 nitrogen and oxygen atoms in total. The topological polar surface area (TPSA) is 81.8 Å². The number of fused-ring (bicyclic) bond motifs is 1. The third-order valence-electron chi connectivity index (χ3n) is 4.76. The Labute approximate surface area is 188 Å². The Morgan fingerprint density at radius 1 is 1.10 bits per heavy atom. The van der Waals surface area contributed by atoms with Gasteiger partial charge in [-0.15, -0.1) is 0 Å². The summed E-state index contributed by atoms with van der Waals surface area (Å²) in [5.41, 5.74) is 1.91. The second kappa shape index (κ2) is 8.53. The third-order valence-corrected chi connectivity index (χ3v) is 5.49. The number of nitrogens with zero attached hydrogens (tertiary/aromatic N) is 4. The number of hydrogen-bond donors (Lipinski definition) is 1. The molecule has 0 radical (unpaired) electrons. The summed E-state index contributed by atoms with van der Waals surface area (Å²) < 4.78 is 2.75. The Morgan fingerprint density at radius 2 is 1.84 bits per heavy atom. The average molecular weight is 456 g/mol. The van der Waals surface area contributed by atoms with E-state index in [1.165, 1.54) is 4.68 Å². The van der Waals surface area contributed by atoms with Crippen LogP contribution in [0.25, 0.3) is 16.6 Å². The summed E-state index contributed by atoms with van der Waals surface area (Å²) in [4.78, 5) is 25.9. The van der Waals surface area contributed by atoms with E-state index in [0.29, 0.717) is 32.3 Å². The number of amides is 1. The molecule has 0 aliphatic heterocycles. The molecule has 4 rings (SSSR count). The van der Waals surface area contributed by atoms with E-state index >= 15 is 0 Å². The van der Waals surface area contributed by atoms with Gasteiger partial charge in [0.1, 0.15) is 12.1 Å². The van der Waals surface area contributed by atoms with Gasteiger partial charge in [-0.05, 0) is 36.2 Å². The molecule has 1 N–H and O–H groups in total. The van der Waals surface area contributed by atoms with Crippen LogP contribution in [0.1, 0.15) is 25.5 Å². The number of benzene rings is 2. The number of halogens is 2. The lowest BCUT2D eigenvalue weighted by molar-refractivity contribution is -0.117. The van der Waals surface area contributed by atoms with Gasteiger partial charge in [0.2, 0.25) is 5.91 Å². The highest BCUT2D eigenvalue weighted by Gasteiger charge is 2.20. The second-order valence-electron chi connectivity index (χ2n) is 7.33. The van der Waals surface area contributed by atoms with Gasteiger partial charge in [0.15, 0.2) is 0 Å². The lowest BCUT2D eigenvalue weighted by Crippen LogP contribution is -2.31. The molecule has 4 aromatic rings. The van der Waals surface area contributed by atoms with E-state index in [1.54, 1.807) is 29.1 Å². The van der Waals surface area contributed by atoms with Crippen molar-refractivity contribution in [1.29, 1.82) is 0 Å². The van der Waals surface area contributed by atoms with Crippen LogP contribution in [0.3, 0.4) is 0 Å². The zero-order valence-corrected chi connectivity index (χ0v) is 18.4. The van der Waals surface area contributed by atoms with Crippen molar-refractivity contribution in [2.24, 2.45) is 0 Å². The number of nitrogens with one attached hydrogen (secondary N) is 1. The highest BCUT2D eigenvalue weighted by molar-refractivity contribution is 6.42. The van der Waals surface area contributed by atoms with Crippen molar-refractivity contribution in [2.75, 3.05) is 5.32 Å². The van der Waals surface area contributed by atoms with Crippen molar-refractivity contribution in [1.82, 2.24) is 19.6 Å². The van der Waals surface area contributed by atoms with Crippen molar-refractivity contribution in [3.05, 3.63) is 80.8 Å². The van der Waals surface area contributed by atoms with Gasteiger partial charge in [-0.2, -0.15) is 10.2 Å². The van der Waals surface area contributed by atoms with E-state index in [9.17, 15) is 9.59 Å². The number of rotatable bonds is 5. The van der Waals surface area contributed by atoms with Crippen LogP contribution in [-0.4, -0.2) is 25.5 Å². The highest BCUT2D eigenvalue weighted by atomic mass is 35.5. The quantitative estimate of drug-likeness (QED) is 0.474. The van der Waals surface area contributed by atoms with E-state index in [-0.39, 0.29) is 12.5 Å². The van der Waals surface area contributed by atoms with E-state index in [2.05, 4.69) is 15.5 Å². The van der Waals surface area contributed by atoms with E-state index < -0.39 is 11.5 Å². The molecule has 0 aliphatic carbocycles. The van der Waals surface area contributed by atoms with Gasteiger partial charge in [0.05, 0.1) is 27.6 Å². The molecular formula is C22H19Cl2N5O2. The van der Waals surface area contributed by atoms with E-state index in [1.807, 2.05) is 44.2 Å². The molecular weight excluding hydrogens is 437 g/mol. The zero-order valence-electron chi connectivity index (χ0n) is 16.8. The molecule has 0 fully saturated rings. The molecule has 31 heavy (non-hydrogen) atoms. The molecule has 2 aromatic carbocycles. The van der Waals surface area contributed by atoms with Crippen molar-refractivity contribution in [3.63, 3.8) is 0 Å². The summed E-state index contributed by atoms with van der Waals surface area (Å²) >= 11 is 11.9. The summed E-state index contributed by atoms with van der Waals surface area (Å²) in [7, 11) is 0. The Kier molecular flexibility index (Phi) is 5.80. The summed E-state index contributed by atoms with van der Waals surface area (Å²) in [6, 6.07) is 14.1. The summed E-state index contributed by atoms with van der Waals surface area (Å²) in [6.45, 7) is 3.70. The fraction of sp³-hybridized carbons (Fsp3) is 0.182. The van der Waals surface area contributed by atoms with Crippen molar-refractivity contribution in [2.45, 2.75) is 26.3 Å². The van der Waals surface area contributed by atoms with Gasteiger partial charge in [-0.3, -0.25) is 9.59 Å². The summed E-state index contributed by atoms with van der Waals surface area (Å²) in [5.74, 6) is -0.381. The first-order valence-corrected chi connectivity index (χ1v) is 10.4. The zero-order chi connectivity index (χ0) is 22.1. The first-order chi connectivity index (χ1) is 14.8. The first-order valence-electron chi connectivity index (χ1n) is 9.64. The molecule has 0 atom stereocenters. The Morgan fingerprint density at radius 3 is 2.52 bits per heavy atom. The predicted octanol–water partition coefficient (Wildman–Crippen LogP) is 4.65. The van der Waals surface area contributed by atoms with Crippen LogP contribution >= 0.6 is 23.2 Å². The van der Waals surface area contributed by atoms with Crippen LogP contribution in [-0.2, 0) is 11.3 Å². The number of hydrogen-bond acceptors (Lipinski definition) is 4. The summed E-state index contributed by atoms with van der Waals surface area (Å²) in [5, 5.41) is 13.0. The van der Waals surface area contributed by atoms with Gasteiger partial charge in [-0.25, -0.2) is 9.36 Å². The first kappa shape index (κ1) is 21.1. The fourth-order valence-corrected chi connectivity index (χ4v) is 3.60. The maximum Gasteiger partial charge on any atom is 0.293 e. The Bertz CT molecular complexity index is 1330. The SMILES string of the molecule is CC(C)c1nn(CC(=O)Nc2ccc(Cl)c(Cl)c2)c(=O)c2c1cnn2-c1ccccc1. The lowest BCUT2D eigenvalue weighted by atomic mass is 10.1. The maximum atomic E-state index is 13.3. The molecule has 0 saturated carbocycles. The number of carbonyl (C=O) groups is 1. The molecule has 0 unspecified atom stereocenters. The second-order valence-corrected chi connectivity index (χ2v) is 8.15. The van der Waals surface area contributed by atoms with Crippen molar-refractivity contribution >= 4 is 45.7 Å². The van der Waals surface area contributed by atoms with Crippen LogP contribution in [0.5, 0.6) is 0 Å². The Balaban J connectivity index is 1.75. The lowest BCUT2D eigenvalue weighted by Gasteiger charge is -2.12. The molecule has 0 saturated heterocycles.